The van der Waals surface area contributed by atoms with E-state index in [2.05, 4.69) is 114 Å². The second kappa shape index (κ2) is 9.14. The second-order valence-electron chi connectivity index (χ2n) is 10.7. The summed E-state index contributed by atoms with van der Waals surface area (Å²) in [6.45, 7) is 15.1. The summed E-state index contributed by atoms with van der Waals surface area (Å²) in [5.74, 6) is 0. The topological polar surface area (TPSA) is 0 Å². The van der Waals surface area contributed by atoms with Gasteiger partial charge in [-0.05, 0) is 0 Å². The molecule has 1 fully saturated rings. The number of benzene rings is 2. The Kier molecular flexibility index (Phi) is 7.33. The van der Waals surface area contributed by atoms with Crippen LogP contribution in [0.3, 0.4) is 0 Å². The van der Waals surface area contributed by atoms with Crippen LogP contribution in [0.15, 0.2) is 90.5 Å². The maximum atomic E-state index is 2.59. The molecule has 0 spiro atoms. The van der Waals surface area contributed by atoms with Gasteiger partial charge in [0.2, 0.25) is 0 Å². The van der Waals surface area contributed by atoms with Gasteiger partial charge in [-0.1, -0.05) is 0 Å². The van der Waals surface area contributed by atoms with Crippen molar-refractivity contribution in [3.63, 3.8) is 0 Å². The number of hydrogen-bond acceptors (Lipinski definition) is 0. The van der Waals surface area contributed by atoms with E-state index in [1.807, 2.05) is 6.56 Å². The summed E-state index contributed by atoms with van der Waals surface area (Å²) in [5, 5.41) is 0. The summed E-state index contributed by atoms with van der Waals surface area (Å²) >= 11 is -2.88. The Morgan fingerprint density at radius 3 is 1.21 bits per heavy atom. The Hall–Kier alpha value is -1.14. The smallest absolute Gasteiger partial charge is 1.00 e. The Labute approximate surface area is 217 Å². The SMILES string of the molecule is CC1=[C]([Zr+2]2([C]3=C(C)C=C(c4ccccc4)C3)[C](C)(C)[C]2(C)C)CC(c2ccccc2)=C1.[Cl-].[Cl-]. The van der Waals surface area contributed by atoms with Gasteiger partial charge in [-0.2, -0.15) is 0 Å². The van der Waals surface area contributed by atoms with Crippen molar-refractivity contribution in [3.8, 4) is 0 Å². The van der Waals surface area contributed by atoms with Crippen LogP contribution < -0.4 is 24.8 Å². The van der Waals surface area contributed by atoms with Crippen LogP contribution in [0.5, 0.6) is 0 Å². The molecular weight excluding hydrogens is 522 g/mol. The van der Waals surface area contributed by atoms with Crippen LogP contribution in [0.4, 0.5) is 0 Å². The third-order valence-electron chi connectivity index (χ3n) is 9.04. The molecule has 0 amide bonds. The largest absolute Gasteiger partial charge is 1.00 e. The van der Waals surface area contributed by atoms with Crippen molar-refractivity contribution in [2.45, 2.75) is 60.6 Å². The summed E-state index contributed by atoms with van der Waals surface area (Å²) in [4.78, 5) is 0. The van der Waals surface area contributed by atoms with Crippen molar-refractivity contribution in [1.29, 1.82) is 0 Å². The van der Waals surface area contributed by atoms with Gasteiger partial charge in [-0.15, -0.1) is 0 Å². The van der Waals surface area contributed by atoms with Crippen LogP contribution >= 0.6 is 0 Å². The standard InChI is InChI=1S/2C12H11.C6H12.2ClH.Zr/c2*1-10-7-8-12(9-10)11-5-3-2-4-6-11;1-5(2)6(3)4;;;/h2*2-6,9H,8H2,1H3;1-4H3;2*1H;/q;;;;;+2/p-2. The number of rotatable bonds is 4. The number of allylic oxidation sites excluding steroid dienone is 8. The fraction of sp³-hybridized carbons (Fsp3) is 0.333. The van der Waals surface area contributed by atoms with E-state index in [1.165, 1.54) is 22.3 Å². The molecule has 172 valence electrons. The molecule has 5 rings (SSSR count). The van der Waals surface area contributed by atoms with Crippen LogP contribution in [-0.4, -0.2) is 0 Å². The molecule has 0 nitrogen and oxygen atoms in total. The molecule has 0 radical (unpaired) electrons. The quantitative estimate of drug-likeness (QED) is 0.543. The van der Waals surface area contributed by atoms with Crippen LogP contribution in [-0.2, 0) is 20.3 Å². The van der Waals surface area contributed by atoms with Gasteiger partial charge < -0.3 is 24.8 Å². The monoisotopic (exact) mass is 554 g/mol. The third-order valence-corrected chi connectivity index (χ3v) is 28.0. The van der Waals surface area contributed by atoms with Crippen LogP contribution in [0.2, 0.25) is 6.25 Å². The Morgan fingerprint density at radius 2 is 0.909 bits per heavy atom. The van der Waals surface area contributed by atoms with Gasteiger partial charge >= 0.3 is 194 Å². The molecule has 2 aromatic carbocycles. The maximum Gasteiger partial charge on any atom is -1.00 e. The second-order valence-corrected chi connectivity index (χ2v) is 23.5. The zero-order valence-electron chi connectivity index (χ0n) is 20.6. The molecule has 3 aliphatic rings. The van der Waals surface area contributed by atoms with Gasteiger partial charge in [0.15, 0.2) is 0 Å². The van der Waals surface area contributed by atoms with E-state index in [1.54, 1.807) is 11.1 Å². The first kappa shape index (κ1) is 26.5. The molecule has 1 aliphatic heterocycles. The first-order chi connectivity index (χ1) is 14.7. The van der Waals surface area contributed by atoms with E-state index in [-0.39, 0.29) is 24.8 Å². The van der Waals surface area contributed by atoms with Gasteiger partial charge in [0.25, 0.3) is 0 Å². The van der Waals surface area contributed by atoms with Crippen LogP contribution in [0.1, 0.15) is 65.5 Å². The molecule has 0 bridgehead atoms. The van der Waals surface area contributed by atoms with Crippen molar-refractivity contribution < 1.29 is 45.1 Å². The van der Waals surface area contributed by atoms with Gasteiger partial charge in [0.05, 0.1) is 0 Å². The normalized spacial score (nSPS) is 20.8. The summed E-state index contributed by atoms with van der Waals surface area (Å²) in [6, 6.07) is 22.1. The van der Waals surface area contributed by atoms with Crippen molar-refractivity contribution in [3.05, 3.63) is 102 Å². The minimum atomic E-state index is -2.88. The fourth-order valence-electron chi connectivity index (χ4n) is 6.99. The van der Waals surface area contributed by atoms with Gasteiger partial charge in [0, 0.05) is 0 Å². The average Bonchev–Trinajstić information content (AvgIpc) is 3.17. The van der Waals surface area contributed by atoms with Gasteiger partial charge in [0.1, 0.15) is 0 Å². The molecule has 3 heteroatoms. The minimum absolute atomic E-state index is 0. The number of halogens is 2. The molecular formula is C30H34Cl2Zr. The molecule has 0 unspecified atom stereocenters. The first-order valence-corrected chi connectivity index (χ1v) is 16.6. The van der Waals surface area contributed by atoms with E-state index in [9.17, 15) is 0 Å². The first-order valence-electron chi connectivity index (χ1n) is 11.6. The zero-order chi connectivity index (χ0) is 22.0. The summed E-state index contributed by atoms with van der Waals surface area (Å²) in [6.07, 6.45) is 7.33. The summed E-state index contributed by atoms with van der Waals surface area (Å²) in [7, 11) is 0. The fourth-order valence-corrected chi connectivity index (χ4v) is 29.1. The van der Waals surface area contributed by atoms with Crippen molar-refractivity contribution in [2.75, 3.05) is 0 Å². The minimum Gasteiger partial charge on any atom is -1.00 e. The Bertz CT molecular complexity index is 1080. The Morgan fingerprint density at radius 1 is 0.576 bits per heavy atom. The summed E-state index contributed by atoms with van der Waals surface area (Å²) in [5.41, 5.74) is 8.98. The molecule has 0 aromatic heterocycles. The van der Waals surface area contributed by atoms with Gasteiger partial charge in [-0.3, -0.25) is 0 Å². The molecule has 0 atom stereocenters. The summed E-state index contributed by atoms with van der Waals surface area (Å²) < 4.78 is 4.60. The van der Waals surface area contributed by atoms with Crippen LogP contribution in [0.25, 0.3) is 11.1 Å². The molecule has 2 aliphatic carbocycles. The molecule has 0 N–H and O–H groups in total. The van der Waals surface area contributed by atoms with Crippen molar-refractivity contribution in [2.24, 2.45) is 0 Å². The molecule has 0 saturated carbocycles. The maximum absolute atomic E-state index is 2.88. The zero-order valence-corrected chi connectivity index (χ0v) is 24.6. The molecule has 1 heterocycles. The van der Waals surface area contributed by atoms with E-state index in [0.717, 1.165) is 12.8 Å². The van der Waals surface area contributed by atoms with E-state index < -0.39 is 20.3 Å². The van der Waals surface area contributed by atoms with Crippen molar-refractivity contribution >= 4 is 11.1 Å². The average molecular weight is 557 g/mol. The van der Waals surface area contributed by atoms with E-state index >= 15 is 0 Å². The van der Waals surface area contributed by atoms with E-state index in [0.29, 0.717) is 6.25 Å². The van der Waals surface area contributed by atoms with Crippen molar-refractivity contribution in [1.82, 2.24) is 0 Å². The predicted molar refractivity (Wildman–Crippen MR) is 132 cm³/mol. The molecule has 2 aromatic rings. The molecule has 1 saturated heterocycles. The number of hydrogen-bond donors (Lipinski definition) is 0. The Balaban J connectivity index is 0.00000153. The molecule has 33 heavy (non-hydrogen) atoms. The predicted octanol–water partition coefficient (Wildman–Crippen LogP) is 3.08. The third kappa shape index (κ3) is 3.66. The van der Waals surface area contributed by atoms with Gasteiger partial charge in [-0.25, -0.2) is 0 Å². The van der Waals surface area contributed by atoms with E-state index in [4.69, 9.17) is 0 Å². The van der Waals surface area contributed by atoms with Crippen LogP contribution in [0, 0.1) is 0 Å².